The zero-order chi connectivity index (χ0) is 22.3. The molecule has 0 spiro atoms. The summed E-state index contributed by atoms with van der Waals surface area (Å²) in [5.74, 6) is -39.4. The summed E-state index contributed by atoms with van der Waals surface area (Å²) < 4.78 is 171. The van der Waals surface area contributed by atoms with Crippen molar-refractivity contribution in [1.29, 1.82) is 0 Å². The van der Waals surface area contributed by atoms with Crippen molar-refractivity contribution < 1.29 is 66.6 Å². The van der Waals surface area contributed by atoms with Crippen LogP contribution in [0.25, 0.3) is 0 Å². The van der Waals surface area contributed by atoms with Gasteiger partial charge in [0.2, 0.25) is 0 Å². The number of hydrogen-bond acceptors (Lipinski definition) is 2. The third-order valence-electron chi connectivity index (χ3n) is 2.95. The van der Waals surface area contributed by atoms with Gasteiger partial charge in [-0.2, -0.15) is 57.1 Å². The summed E-state index contributed by atoms with van der Waals surface area (Å²) in [4.78, 5) is 11.0. The second kappa shape index (κ2) is 7.04. The number of esters is 1. The molecule has 0 aliphatic carbocycles. The van der Waals surface area contributed by atoms with Gasteiger partial charge in [-0.25, -0.2) is 4.79 Å². The molecule has 0 aliphatic rings. The number of alkyl halides is 13. The van der Waals surface area contributed by atoms with Gasteiger partial charge >= 0.3 is 41.8 Å². The lowest BCUT2D eigenvalue weighted by Gasteiger charge is -2.39. The summed E-state index contributed by atoms with van der Waals surface area (Å²) in [5, 5.41) is 0. The van der Waals surface area contributed by atoms with Crippen molar-refractivity contribution in [3.63, 3.8) is 0 Å². The Morgan fingerprint density at radius 3 is 1.44 bits per heavy atom. The third-order valence-corrected chi connectivity index (χ3v) is 2.95. The van der Waals surface area contributed by atoms with Crippen molar-refractivity contribution in [3.8, 4) is 0 Å². The van der Waals surface area contributed by atoms with E-state index >= 15 is 0 Å². The van der Waals surface area contributed by atoms with Crippen LogP contribution in [-0.2, 0) is 9.53 Å². The molecule has 160 valence electrons. The van der Waals surface area contributed by atoms with Crippen LogP contribution >= 0.6 is 0 Å². The molecule has 0 aromatic carbocycles. The number of carbonyl (C=O) groups is 1. The number of hydrogen-bond donors (Lipinski definition) is 0. The van der Waals surface area contributed by atoms with Crippen molar-refractivity contribution in [2.45, 2.75) is 49.6 Å². The van der Waals surface area contributed by atoms with E-state index in [0.717, 1.165) is 6.92 Å². The number of rotatable bonds is 7. The van der Waals surface area contributed by atoms with E-state index in [1.165, 1.54) is 0 Å². The highest BCUT2D eigenvalue weighted by Gasteiger charge is 2.90. The van der Waals surface area contributed by atoms with Gasteiger partial charge in [-0.3, -0.25) is 0 Å². The second-order valence-electron chi connectivity index (χ2n) is 4.97. The third kappa shape index (κ3) is 3.95. The summed E-state index contributed by atoms with van der Waals surface area (Å²) in [7, 11) is 0. The molecular formula is C12H9F13O2. The van der Waals surface area contributed by atoms with E-state index in [2.05, 4.69) is 4.74 Å². The van der Waals surface area contributed by atoms with Crippen LogP contribution in [0.1, 0.15) is 13.8 Å². The number of halogens is 13. The highest BCUT2D eigenvalue weighted by molar-refractivity contribution is 5.87. The Bertz CT molecular complexity index is 589. The van der Waals surface area contributed by atoms with Gasteiger partial charge in [-0.15, -0.1) is 0 Å². The molecule has 0 atom stereocenters. The van der Waals surface area contributed by atoms with Gasteiger partial charge in [0.25, 0.3) is 0 Å². The van der Waals surface area contributed by atoms with Crippen molar-refractivity contribution in [1.82, 2.24) is 0 Å². The maximum atomic E-state index is 13.4. The Balaban J connectivity index is 6.31. The Hall–Kier alpha value is -1.70. The van der Waals surface area contributed by atoms with Crippen molar-refractivity contribution in [2.75, 3.05) is 6.61 Å². The molecular weight excluding hydrogens is 423 g/mol. The van der Waals surface area contributed by atoms with Crippen molar-refractivity contribution in [2.24, 2.45) is 0 Å². The standard InChI is InChI=1S/C12H9F13O2/c1-3-27-6(26)5(2)4-7(13,14)8(15,16)9(17,18)10(19,20)11(21,22)12(23,24)25/h4H,3H2,1-2H3. The lowest BCUT2D eigenvalue weighted by Crippen LogP contribution is -2.69. The first kappa shape index (κ1) is 25.3. The average molecular weight is 432 g/mol. The smallest absolute Gasteiger partial charge is 0.460 e. The average Bonchev–Trinajstić information content (AvgIpc) is 2.44. The van der Waals surface area contributed by atoms with Gasteiger partial charge in [-0.05, 0) is 13.8 Å². The molecule has 0 unspecified atom stereocenters. The van der Waals surface area contributed by atoms with E-state index in [1.54, 1.807) is 0 Å². The predicted molar refractivity (Wildman–Crippen MR) is 61.2 cm³/mol. The number of allylic oxidation sites excluding steroid dienone is 1. The molecule has 0 amide bonds. The maximum Gasteiger partial charge on any atom is 0.460 e. The Labute approximate surface area is 141 Å². The van der Waals surface area contributed by atoms with Gasteiger partial charge in [-0.1, -0.05) is 0 Å². The minimum atomic E-state index is -7.98. The molecule has 0 aliphatic heterocycles. The minimum absolute atomic E-state index is 0.294. The lowest BCUT2D eigenvalue weighted by molar-refractivity contribution is -0.436. The van der Waals surface area contributed by atoms with Crippen LogP contribution in [0.5, 0.6) is 0 Å². The molecule has 0 saturated carbocycles. The second-order valence-corrected chi connectivity index (χ2v) is 4.97. The first-order valence-corrected chi connectivity index (χ1v) is 6.44. The first-order valence-electron chi connectivity index (χ1n) is 6.44. The molecule has 0 fully saturated rings. The molecule has 0 N–H and O–H groups in total. The fourth-order valence-corrected chi connectivity index (χ4v) is 1.45. The predicted octanol–water partition coefficient (Wildman–Crippen LogP) is 5.23. The fraction of sp³-hybridized carbons (Fsp3) is 0.750. The molecule has 15 heteroatoms. The summed E-state index contributed by atoms with van der Waals surface area (Å²) in [6, 6.07) is 0. The van der Waals surface area contributed by atoms with Gasteiger partial charge in [0.1, 0.15) is 0 Å². The fourth-order valence-electron chi connectivity index (χ4n) is 1.45. The summed E-state index contributed by atoms with van der Waals surface area (Å²) in [5.41, 5.74) is -1.52. The zero-order valence-electron chi connectivity index (χ0n) is 13.0. The van der Waals surface area contributed by atoms with E-state index in [-0.39, 0.29) is 0 Å². The summed E-state index contributed by atoms with van der Waals surface area (Å²) >= 11 is 0. The molecule has 0 bridgehead atoms. The van der Waals surface area contributed by atoms with Crippen LogP contribution in [0.4, 0.5) is 57.1 Å². The van der Waals surface area contributed by atoms with Crippen LogP contribution in [0.2, 0.25) is 0 Å². The maximum absolute atomic E-state index is 13.4. The van der Waals surface area contributed by atoms with Crippen LogP contribution in [0, 0.1) is 0 Å². The molecule has 0 aromatic rings. The van der Waals surface area contributed by atoms with E-state index in [9.17, 15) is 61.9 Å². The Morgan fingerprint density at radius 1 is 0.741 bits per heavy atom. The van der Waals surface area contributed by atoms with Gasteiger partial charge < -0.3 is 4.74 Å². The lowest BCUT2D eigenvalue weighted by atomic mass is 9.93. The quantitative estimate of drug-likeness (QED) is 0.313. The molecule has 0 aromatic heterocycles. The normalized spacial score (nSPS) is 15.7. The van der Waals surface area contributed by atoms with E-state index in [0.29, 0.717) is 6.92 Å². The minimum Gasteiger partial charge on any atom is -0.463 e. The van der Waals surface area contributed by atoms with Crippen LogP contribution in [-0.4, -0.2) is 48.4 Å². The van der Waals surface area contributed by atoms with Crippen LogP contribution in [0.3, 0.4) is 0 Å². The summed E-state index contributed by atoms with van der Waals surface area (Å²) in [6.45, 7) is 0.881. The largest absolute Gasteiger partial charge is 0.463 e. The van der Waals surface area contributed by atoms with Gasteiger partial charge in [0, 0.05) is 11.6 Å². The monoisotopic (exact) mass is 432 g/mol. The molecule has 0 radical (unpaired) electrons. The van der Waals surface area contributed by atoms with Gasteiger partial charge in [0.15, 0.2) is 0 Å². The van der Waals surface area contributed by atoms with E-state index in [4.69, 9.17) is 0 Å². The first-order chi connectivity index (χ1) is 11.6. The number of ether oxygens (including phenoxy) is 1. The van der Waals surface area contributed by atoms with Crippen LogP contribution < -0.4 is 0 Å². The summed E-state index contributed by atoms with van der Waals surface area (Å²) in [6.07, 6.45) is -8.78. The molecule has 2 nitrogen and oxygen atoms in total. The zero-order valence-corrected chi connectivity index (χ0v) is 13.0. The molecule has 0 rings (SSSR count). The number of carbonyl (C=O) groups excluding carboxylic acids is 1. The van der Waals surface area contributed by atoms with Gasteiger partial charge in [0.05, 0.1) is 6.61 Å². The van der Waals surface area contributed by atoms with E-state index < -0.39 is 60.0 Å². The molecule has 0 saturated heterocycles. The SMILES string of the molecule is CCOC(=O)C(C)=CC(F)(F)C(F)(F)C(F)(F)C(F)(F)C(F)(F)C(F)(F)F. The molecule has 0 heterocycles. The van der Waals surface area contributed by atoms with Crippen LogP contribution in [0.15, 0.2) is 11.6 Å². The van der Waals surface area contributed by atoms with Crippen molar-refractivity contribution in [3.05, 3.63) is 11.6 Å². The van der Waals surface area contributed by atoms with Crippen molar-refractivity contribution >= 4 is 5.97 Å². The molecule has 27 heavy (non-hydrogen) atoms. The Morgan fingerprint density at radius 2 is 1.11 bits per heavy atom. The Kier molecular flexibility index (Phi) is 6.59. The highest BCUT2D eigenvalue weighted by Crippen LogP contribution is 2.60. The highest BCUT2D eigenvalue weighted by atomic mass is 19.4. The topological polar surface area (TPSA) is 26.3 Å². The van der Waals surface area contributed by atoms with E-state index in [1.807, 2.05) is 0 Å².